The van der Waals surface area contributed by atoms with Crippen LogP contribution in [0.1, 0.15) is 17.0 Å². The largest absolute Gasteiger partial charge is 0.497 e. The Hall–Kier alpha value is -2.58. The Morgan fingerprint density at radius 3 is 2.26 bits per heavy atom. The van der Waals surface area contributed by atoms with E-state index in [9.17, 15) is 13.2 Å². The first-order valence-electron chi connectivity index (χ1n) is 8.22. The highest BCUT2D eigenvalue weighted by Gasteiger charge is 2.12. The summed E-state index contributed by atoms with van der Waals surface area (Å²) in [6, 6.07) is 12.0. The molecule has 27 heavy (non-hydrogen) atoms. The minimum absolute atomic E-state index is 0.210. The van der Waals surface area contributed by atoms with Crippen LogP contribution < -0.4 is 19.0 Å². The van der Waals surface area contributed by atoms with Crippen molar-refractivity contribution in [2.75, 3.05) is 27.0 Å². The molecular weight excluding hydrogens is 370 g/mol. The molecule has 7 nitrogen and oxygen atoms in total. The van der Waals surface area contributed by atoms with Crippen molar-refractivity contribution in [3.63, 3.8) is 0 Å². The predicted molar refractivity (Wildman–Crippen MR) is 102 cm³/mol. The van der Waals surface area contributed by atoms with Gasteiger partial charge in [-0.2, -0.15) is 8.42 Å². The van der Waals surface area contributed by atoms with Crippen molar-refractivity contribution < 1.29 is 26.9 Å². The molecular formula is C19H23NO6S. The average Bonchev–Trinajstić information content (AvgIpc) is 2.65. The molecule has 2 aromatic carbocycles. The highest BCUT2D eigenvalue weighted by Crippen LogP contribution is 2.25. The van der Waals surface area contributed by atoms with Crippen LogP contribution in [0.3, 0.4) is 0 Å². The smallest absolute Gasteiger partial charge is 0.306 e. The molecule has 0 aliphatic rings. The number of methoxy groups -OCH3 is 2. The number of carbonyl (C=O) groups is 1. The lowest BCUT2D eigenvalue weighted by Gasteiger charge is -2.14. The van der Waals surface area contributed by atoms with Crippen LogP contribution in [0.25, 0.3) is 0 Å². The van der Waals surface area contributed by atoms with Gasteiger partial charge in [0.2, 0.25) is 0 Å². The summed E-state index contributed by atoms with van der Waals surface area (Å²) in [6.07, 6.45) is 1.83. The maximum atomic E-state index is 11.5. The Morgan fingerprint density at radius 2 is 1.70 bits per heavy atom. The molecule has 146 valence electrons. The van der Waals surface area contributed by atoms with Crippen LogP contribution in [0, 0.1) is 0 Å². The van der Waals surface area contributed by atoms with Gasteiger partial charge in [0, 0.05) is 24.7 Å². The van der Waals surface area contributed by atoms with Gasteiger partial charge in [0.15, 0.2) is 0 Å². The molecule has 1 unspecified atom stereocenters. The van der Waals surface area contributed by atoms with E-state index in [4.69, 9.17) is 13.7 Å². The molecule has 0 saturated carbocycles. The Kier molecular flexibility index (Phi) is 7.20. The highest BCUT2D eigenvalue weighted by atomic mass is 32.2. The highest BCUT2D eigenvalue weighted by molar-refractivity contribution is 7.86. The predicted octanol–water partition coefficient (Wildman–Crippen LogP) is 2.11. The molecule has 0 radical (unpaired) electrons. The number of hydrogen-bond acceptors (Lipinski definition) is 7. The van der Waals surface area contributed by atoms with E-state index in [2.05, 4.69) is 5.32 Å². The molecule has 0 spiro atoms. The molecule has 1 N–H and O–H groups in total. The summed E-state index contributed by atoms with van der Waals surface area (Å²) < 4.78 is 37.6. The van der Waals surface area contributed by atoms with Gasteiger partial charge in [0.25, 0.3) is 0 Å². The molecule has 8 heteroatoms. The van der Waals surface area contributed by atoms with Gasteiger partial charge < -0.3 is 23.8 Å². The summed E-state index contributed by atoms with van der Waals surface area (Å²) in [7, 11) is -0.394. The fraction of sp³-hybridized carbons (Fsp3) is 0.316. The lowest BCUT2D eigenvalue weighted by Crippen LogP contribution is -2.22. The van der Waals surface area contributed by atoms with E-state index in [-0.39, 0.29) is 11.7 Å². The lowest BCUT2D eigenvalue weighted by atomic mass is 10.0. The molecule has 0 amide bonds. The van der Waals surface area contributed by atoms with Gasteiger partial charge in [0.05, 0.1) is 26.4 Å². The molecule has 0 aromatic heterocycles. The Bertz CT molecular complexity index is 864. The van der Waals surface area contributed by atoms with Gasteiger partial charge in [-0.1, -0.05) is 18.2 Å². The van der Waals surface area contributed by atoms with Crippen LogP contribution >= 0.6 is 0 Å². The molecule has 1 atom stereocenters. The van der Waals surface area contributed by atoms with Crippen molar-refractivity contribution in [3.8, 4) is 17.2 Å². The van der Waals surface area contributed by atoms with Crippen molar-refractivity contribution in [3.05, 3.63) is 53.6 Å². The summed E-state index contributed by atoms with van der Waals surface area (Å²) in [6.45, 7) is 0.942. The number of carbonyl (C=O) groups excluding carboxylic acids is 1. The topological polar surface area (TPSA) is 90.9 Å². The van der Waals surface area contributed by atoms with Gasteiger partial charge in [-0.3, -0.25) is 0 Å². The van der Waals surface area contributed by atoms with Crippen LogP contribution in [-0.4, -0.2) is 41.7 Å². The normalized spacial score (nSPS) is 12.3. The van der Waals surface area contributed by atoms with Gasteiger partial charge in [-0.25, -0.2) is 0 Å². The van der Waals surface area contributed by atoms with Crippen molar-refractivity contribution >= 4 is 16.4 Å². The van der Waals surface area contributed by atoms with Gasteiger partial charge in [-0.05, 0) is 23.8 Å². The summed E-state index contributed by atoms with van der Waals surface area (Å²) >= 11 is 0. The lowest BCUT2D eigenvalue weighted by molar-refractivity contribution is -0.109. The molecule has 0 bridgehead atoms. The van der Waals surface area contributed by atoms with Crippen LogP contribution in [0.4, 0.5) is 0 Å². The van der Waals surface area contributed by atoms with Gasteiger partial charge in [0.1, 0.15) is 23.5 Å². The summed E-state index contributed by atoms with van der Waals surface area (Å²) in [4.78, 5) is 11.5. The fourth-order valence-electron chi connectivity index (χ4n) is 2.55. The monoisotopic (exact) mass is 393 g/mol. The number of benzene rings is 2. The average molecular weight is 393 g/mol. The zero-order valence-corrected chi connectivity index (χ0v) is 16.3. The van der Waals surface area contributed by atoms with Crippen LogP contribution in [0.15, 0.2) is 42.5 Å². The first-order chi connectivity index (χ1) is 12.9. The summed E-state index contributed by atoms with van der Waals surface area (Å²) in [5.41, 5.74) is 1.71. The Morgan fingerprint density at radius 1 is 1.04 bits per heavy atom. The first-order valence-corrected chi connectivity index (χ1v) is 10.0. The van der Waals surface area contributed by atoms with Gasteiger partial charge in [-0.15, -0.1) is 0 Å². The summed E-state index contributed by atoms with van der Waals surface area (Å²) in [5, 5.41) is 3.24. The van der Waals surface area contributed by atoms with Crippen molar-refractivity contribution in [1.82, 2.24) is 5.32 Å². The second kappa shape index (κ2) is 9.38. The van der Waals surface area contributed by atoms with Crippen molar-refractivity contribution in [1.29, 1.82) is 0 Å². The molecule has 2 aromatic rings. The van der Waals surface area contributed by atoms with E-state index in [0.29, 0.717) is 24.6 Å². The Balaban J connectivity index is 1.98. The van der Waals surface area contributed by atoms with E-state index in [1.165, 1.54) is 12.1 Å². The zero-order chi connectivity index (χ0) is 19.9. The number of hydrogen-bond donors (Lipinski definition) is 1. The van der Waals surface area contributed by atoms with Crippen LogP contribution in [0.5, 0.6) is 17.2 Å². The first kappa shape index (κ1) is 20.7. The fourth-order valence-corrected chi connectivity index (χ4v) is 3.01. The quantitative estimate of drug-likeness (QED) is 0.488. The standard InChI is InChI=1S/C19H23NO6S/c1-24-18-9-6-15(19(10-18)25-2)11-20-12-16(13-21)14-4-7-17(8-5-14)26-27(3,22)23/h4-10,13,16,20H,11-12H2,1-3H3. The minimum Gasteiger partial charge on any atom is -0.497 e. The molecule has 0 heterocycles. The van der Waals surface area contributed by atoms with Crippen molar-refractivity contribution in [2.45, 2.75) is 12.5 Å². The third-order valence-electron chi connectivity index (χ3n) is 3.89. The zero-order valence-electron chi connectivity index (χ0n) is 15.5. The number of nitrogens with one attached hydrogen (secondary N) is 1. The molecule has 0 aliphatic carbocycles. The second-order valence-electron chi connectivity index (χ2n) is 5.91. The minimum atomic E-state index is -3.58. The maximum absolute atomic E-state index is 11.5. The number of rotatable bonds is 10. The van der Waals surface area contributed by atoms with E-state index in [1.807, 2.05) is 12.1 Å². The second-order valence-corrected chi connectivity index (χ2v) is 7.48. The van der Waals surface area contributed by atoms with E-state index < -0.39 is 10.1 Å². The SMILES string of the molecule is COc1ccc(CNCC(C=O)c2ccc(OS(C)(=O)=O)cc2)c(OC)c1. The van der Waals surface area contributed by atoms with Crippen LogP contribution in [-0.2, 0) is 21.5 Å². The third-order valence-corrected chi connectivity index (χ3v) is 4.39. The molecule has 0 aliphatic heterocycles. The van der Waals surface area contributed by atoms with E-state index in [1.54, 1.807) is 32.4 Å². The third kappa shape index (κ3) is 6.26. The van der Waals surface area contributed by atoms with Crippen LogP contribution in [0.2, 0.25) is 0 Å². The molecule has 2 rings (SSSR count). The number of aldehydes is 1. The van der Waals surface area contributed by atoms with E-state index in [0.717, 1.165) is 23.7 Å². The van der Waals surface area contributed by atoms with Gasteiger partial charge >= 0.3 is 10.1 Å². The van der Waals surface area contributed by atoms with Crippen molar-refractivity contribution in [2.24, 2.45) is 0 Å². The molecule has 0 saturated heterocycles. The Labute approximate surface area is 159 Å². The molecule has 0 fully saturated rings. The maximum Gasteiger partial charge on any atom is 0.306 e. The number of ether oxygens (including phenoxy) is 2. The van der Waals surface area contributed by atoms with E-state index >= 15 is 0 Å². The summed E-state index contributed by atoms with van der Waals surface area (Å²) in [5.74, 6) is 1.24.